The number of nitrogens with one attached hydrogen (secondary N) is 2. The summed E-state index contributed by atoms with van der Waals surface area (Å²) in [4.78, 5) is 16.1. The Balaban J connectivity index is 1.60. The second kappa shape index (κ2) is 8.02. The molecule has 5 nitrogen and oxygen atoms in total. The maximum atomic E-state index is 11.9. The fourth-order valence-corrected chi connectivity index (χ4v) is 1.99. The fourth-order valence-electron chi connectivity index (χ4n) is 1.99. The summed E-state index contributed by atoms with van der Waals surface area (Å²) in [5.74, 6) is 0.797. The number of nitrogen functional groups attached to an aromatic ring is 1. The van der Waals surface area contributed by atoms with Gasteiger partial charge >= 0.3 is 0 Å². The summed E-state index contributed by atoms with van der Waals surface area (Å²) in [6.07, 6.45) is 3.50. The number of aryl methyl sites for hydroxylation is 1. The first-order valence-corrected chi connectivity index (χ1v) is 7.45. The minimum atomic E-state index is -0.0202. The van der Waals surface area contributed by atoms with Gasteiger partial charge < -0.3 is 16.4 Å². The van der Waals surface area contributed by atoms with Crippen molar-refractivity contribution >= 4 is 17.4 Å². The van der Waals surface area contributed by atoms with E-state index in [1.54, 1.807) is 6.20 Å². The van der Waals surface area contributed by atoms with Crippen LogP contribution in [0.4, 0.5) is 11.5 Å². The molecular weight excluding hydrogens is 276 g/mol. The summed E-state index contributed by atoms with van der Waals surface area (Å²) in [6.45, 7) is 3.49. The lowest BCUT2D eigenvalue weighted by molar-refractivity contribution is 0.0953. The molecule has 1 aromatic carbocycles. The smallest absolute Gasteiger partial charge is 0.251 e. The number of unbranched alkanes of at least 4 members (excludes halogenated alkanes) is 1. The molecule has 0 spiro atoms. The summed E-state index contributed by atoms with van der Waals surface area (Å²) < 4.78 is 0. The Morgan fingerprint density at radius 3 is 2.50 bits per heavy atom. The van der Waals surface area contributed by atoms with E-state index in [1.807, 2.05) is 43.3 Å². The minimum Gasteiger partial charge on any atom is -0.397 e. The van der Waals surface area contributed by atoms with Crippen LogP contribution < -0.4 is 16.4 Å². The molecule has 1 heterocycles. The molecule has 5 heteroatoms. The lowest BCUT2D eigenvalue weighted by atomic mass is 10.1. The number of rotatable bonds is 7. The monoisotopic (exact) mass is 298 g/mol. The molecule has 0 aliphatic rings. The Morgan fingerprint density at radius 1 is 1.09 bits per heavy atom. The molecule has 1 aromatic heterocycles. The molecule has 2 aromatic rings. The van der Waals surface area contributed by atoms with Gasteiger partial charge in [-0.3, -0.25) is 4.79 Å². The number of benzene rings is 1. The summed E-state index contributed by atoms with van der Waals surface area (Å²) in [5.41, 5.74) is 8.09. The van der Waals surface area contributed by atoms with Crippen LogP contribution in [0.1, 0.15) is 28.8 Å². The van der Waals surface area contributed by atoms with E-state index in [2.05, 4.69) is 15.6 Å². The molecule has 0 radical (unpaired) electrons. The molecule has 0 bridgehead atoms. The summed E-state index contributed by atoms with van der Waals surface area (Å²) in [7, 11) is 0. The predicted octanol–water partition coefficient (Wildman–Crippen LogP) is 2.59. The van der Waals surface area contributed by atoms with Crippen molar-refractivity contribution in [1.82, 2.24) is 10.3 Å². The zero-order chi connectivity index (χ0) is 15.8. The van der Waals surface area contributed by atoms with Crippen LogP contribution in [0.3, 0.4) is 0 Å². The lowest BCUT2D eigenvalue weighted by Crippen LogP contribution is -2.24. The molecule has 0 atom stereocenters. The highest BCUT2D eigenvalue weighted by molar-refractivity contribution is 5.94. The highest BCUT2D eigenvalue weighted by Gasteiger charge is 2.03. The normalized spacial score (nSPS) is 10.2. The molecule has 116 valence electrons. The van der Waals surface area contributed by atoms with Crippen molar-refractivity contribution in [3.63, 3.8) is 0 Å². The van der Waals surface area contributed by atoms with E-state index >= 15 is 0 Å². The molecule has 0 aliphatic carbocycles. The van der Waals surface area contributed by atoms with Gasteiger partial charge in [0, 0.05) is 18.7 Å². The topological polar surface area (TPSA) is 80.0 Å². The molecular formula is C17H22N4O. The van der Waals surface area contributed by atoms with Gasteiger partial charge in [-0.1, -0.05) is 17.7 Å². The number of carbonyl (C=O) groups excluding carboxylic acids is 1. The van der Waals surface area contributed by atoms with Gasteiger partial charge in [0.2, 0.25) is 0 Å². The van der Waals surface area contributed by atoms with Crippen molar-refractivity contribution in [2.24, 2.45) is 0 Å². The van der Waals surface area contributed by atoms with E-state index < -0.39 is 0 Å². The number of hydrogen-bond acceptors (Lipinski definition) is 4. The van der Waals surface area contributed by atoms with Crippen molar-refractivity contribution < 1.29 is 4.79 Å². The van der Waals surface area contributed by atoms with Crippen molar-refractivity contribution in [3.05, 3.63) is 53.7 Å². The van der Waals surface area contributed by atoms with E-state index in [0.717, 1.165) is 30.8 Å². The van der Waals surface area contributed by atoms with E-state index in [0.29, 0.717) is 17.8 Å². The average molecular weight is 298 g/mol. The van der Waals surface area contributed by atoms with Crippen LogP contribution in [-0.4, -0.2) is 24.0 Å². The van der Waals surface area contributed by atoms with Crippen LogP contribution in [0, 0.1) is 6.92 Å². The third-order valence-corrected chi connectivity index (χ3v) is 3.30. The fraction of sp³-hybridized carbons (Fsp3) is 0.294. The highest BCUT2D eigenvalue weighted by atomic mass is 16.1. The number of amides is 1. The molecule has 4 N–H and O–H groups in total. The summed E-state index contributed by atoms with van der Waals surface area (Å²) >= 11 is 0. The Kier molecular flexibility index (Phi) is 5.77. The minimum absolute atomic E-state index is 0.0202. The average Bonchev–Trinajstić information content (AvgIpc) is 2.53. The quantitative estimate of drug-likeness (QED) is 0.686. The van der Waals surface area contributed by atoms with Crippen molar-refractivity contribution in [3.8, 4) is 0 Å². The maximum absolute atomic E-state index is 11.9. The van der Waals surface area contributed by atoms with Gasteiger partial charge in [-0.15, -0.1) is 0 Å². The Labute approximate surface area is 130 Å². The highest BCUT2D eigenvalue weighted by Crippen LogP contribution is 2.06. The predicted molar refractivity (Wildman–Crippen MR) is 89.9 cm³/mol. The molecule has 0 saturated heterocycles. The summed E-state index contributed by atoms with van der Waals surface area (Å²) in [6, 6.07) is 11.3. The SMILES string of the molecule is Cc1ccc(C(=O)NCCCCNc2ccc(N)cn2)cc1. The number of carbonyl (C=O) groups is 1. The van der Waals surface area contributed by atoms with E-state index in [1.165, 1.54) is 0 Å². The number of anilines is 2. The number of pyridine rings is 1. The van der Waals surface area contributed by atoms with E-state index in [9.17, 15) is 4.79 Å². The first kappa shape index (κ1) is 15.8. The van der Waals surface area contributed by atoms with Gasteiger partial charge in [0.25, 0.3) is 5.91 Å². The zero-order valence-corrected chi connectivity index (χ0v) is 12.8. The van der Waals surface area contributed by atoms with Crippen LogP contribution >= 0.6 is 0 Å². The molecule has 22 heavy (non-hydrogen) atoms. The molecule has 0 unspecified atom stereocenters. The maximum Gasteiger partial charge on any atom is 0.251 e. The van der Waals surface area contributed by atoms with Crippen LogP contribution in [0.25, 0.3) is 0 Å². The van der Waals surface area contributed by atoms with Crippen molar-refractivity contribution in [2.75, 3.05) is 24.1 Å². The zero-order valence-electron chi connectivity index (χ0n) is 12.8. The molecule has 2 rings (SSSR count). The van der Waals surface area contributed by atoms with Gasteiger partial charge in [0.1, 0.15) is 5.82 Å². The van der Waals surface area contributed by atoms with Crippen LogP contribution in [0.15, 0.2) is 42.6 Å². The van der Waals surface area contributed by atoms with Gasteiger partial charge in [-0.25, -0.2) is 4.98 Å². The van der Waals surface area contributed by atoms with Gasteiger partial charge in [0.05, 0.1) is 11.9 Å². The Hall–Kier alpha value is -2.56. The lowest BCUT2D eigenvalue weighted by Gasteiger charge is -2.07. The largest absolute Gasteiger partial charge is 0.397 e. The third kappa shape index (κ3) is 5.09. The standard InChI is InChI=1S/C17H22N4O/c1-13-4-6-14(7-5-13)17(22)20-11-3-2-10-19-16-9-8-15(18)12-21-16/h4-9,12H,2-3,10-11,18H2,1H3,(H,19,21)(H,20,22). The molecule has 1 amide bonds. The van der Waals surface area contributed by atoms with E-state index in [4.69, 9.17) is 5.73 Å². The Bertz CT molecular complexity index is 593. The van der Waals surface area contributed by atoms with Crippen molar-refractivity contribution in [2.45, 2.75) is 19.8 Å². The second-order valence-corrected chi connectivity index (χ2v) is 5.23. The first-order valence-electron chi connectivity index (χ1n) is 7.45. The van der Waals surface area contributed by atoms with Crippen LogP contribution in [0.2, 0.25) is 0 Å². The molecule has 0 fully saturated rings. The van der Waals surface area contributed by atoms with Crippen LogP contribution in [0.5, 0.6) is 0 Å². The van der Waals surface area contributed by atoms with E-state index in [-0.39, 0.29) is 5.91 Å². The number of nitrogens with two attached hydrogens (primary N) is 1. The van der Waals surface area contributed by atoms with Crippen molar-refractivity contribution in [1.29, 1.82) is 0 Å². The van der Waals surface area contributed by atoms with Gasteiger partial charge in [-0.05, 0) is 44.0 Å². The number of hydrogen-bond donors (Lipinski definition) is 3. The third-order valence-electron chi connectivity index (χ3n) is 3.30. The van der Waals surface area contributed by atoms with Crippen LogP contribution in [-0.2, 0) is 0 Å². The number of aromatic nitrogens is 1. The van der Waals surface area contributed by atoms with Gasteiger partial charge in [0.15, 0.2) is 0 Å². The first-order chi connectivity index (χ1) is 10.6. The molecule has 0 saturated carbocycles. The Morgan fingerprint density at radius 2 is 1.82 bits per heavy atom. The number of nitrogens with zero attached hydrogens (tertiary/aromatic N) is 1. The van der Waals surface area contributed by atoms with Gasteiger partial charge in [-0.2, -0.15) is 0 Å². The summed E-state index contributed by atoms with van der Waals surface area (Å²) in [5, 5.41) is 6.14. The molecule has 0 aliphatic heterocycles. The second-order valence-electron chi connectivity index (χ2n) is 5.23.